The number of nitriles is 1. The summed E-state index contributed by atoms with van der Waals surface area (Å²) in [4.78, 5) is 12.7. The summed E-state index contributed by atoms with van der Waals surface area (Å²) in [5.74, 6) is 0.581. The van der Waals surface area contributed by atoms with Crippen LogP contribution in [0.25, 0.3) is 0 Å². The number of hydrogen-bond donors (Lipinski definition) is 2. The van der Waals surface area contributed by atoms with Crippen LogP contribution in [0.15, 0.2) is 59.5 Å². The lowest BCUT2D eigenvalue weighted by Gasteiger charge is -2.13. The predicted molar refractivity (Wildman–Crippen MR) is 127 cm³/mol. The zero-order chi connectivity index (χ0) is 24.2. The fourth-order valence-corrected chi connectivity index (χ4v) is 3.96. The van der Waals surface area contributed by atoms with Gasteiger partial charge in [0.1, 0.15) is 11.5 Å². The molecule has 0 unspecified atom stereocenters. The number of anilines is 1. The van der Waals surface area contributed by atoms with Crippen LogP contribution in [-0.2, 0) is 27.7 Å². The molecule has 0 heterocycles. The highest BCUT2D eigenvalue weighted by Crippen LogP contribution is 2.31. The summed E-state index contributed by atoms with van der Waals surface area (Å²) in [5, 5.41) is 17.4. The number of nitrogens with zero attached hydrogens (tertiary/aromatic N) is 1. The minimum absolute atomic E-state index is 0.0189. The van der Waals surface area contributed by atoms with Crippen LogP contribution < -0.4 is 15.2 Å². The number of benzene rings is 3. The molecule has 0 aliphatic carbocycles. The van der Waals surface area contributed by atoms with Gasteiger partial charge in [-0.1, -0.05) is 24.6 Å². The third-order valence-corrected chi connectivity index (χ3v) is 6.11. The van der Waals surface area contributed by atoms with Crippen molar-refractivity contribution in [2.24, 2.45) is 5.14 Å². The Morgan fingerprint density at radius 1 is 1.12 bits per heavy atom. The summed E-state index contributed by atoms with van der Waals surface area (Å²) in [6.07, 6.45) is 0.804. The Morgan fingerprint density at radius 3 is 2.48 bits per heavy atom. The van der Waals surface area contributed by atoms with Gasteiger partial charge in [0.25, 0.3) is 0 Å². The summed E-state index contributed by atoms with van der Waals surface area (Å²) in [6.45, 7) is 3.68. The molecule has 0 radical (unpaired) electrons. The standard InChI is InChI=1S/C24H22ClN3O4S/c1-3-16-9-18(11-19(10-16)32-23-12-17(14-26)4-6-21(23)25)13-24(29)28-22-7-5-20(8-15(22)2)33(27,30)31/h4-12H,3,13H2,1-2H3,(H,28,29)(H2,27,30,31). The molecule has 170 valence electrons. The van der Waals surface area contributed by atoms with Crippen molar-refractivity contribution in [1.82, 2.24) is 0 Å². The van der Waals surface area contributed by atoms with Gasteiger partial charge in [0.2, 0.25) is 15.9 Å². The Kier molecular flexibility index (Phi) is 7.39. The van der Waals surface area contributed by atoms with Gasteiger partial charge in [-0.3, -0.25) is 4.79 Å². The van der Waals surface area contributed by atoms with E-state index >= 15 is 0 Å². The zero-order valence-corrected chi connectivity index (χ0v) is 19.6. The Morgan fingerprint density at radius 2 is 1.85 bits per heavy atom. The van der Waals surface area contributed by atoms with Gasteiger partial charge in [-0.05, 0) is 72.5 Å². The number of halogens is 1. The predicted octanol–water partition coefficient (Wildman–Crippen LogP) is 4.70. The highest BCUT2D eigenvalue weighted by molar-refractivity contribution is 7.89. The summed E-state index contributed by atoms with van der Waals surface area (Å²) in [5.41, 5.74) is 3.19. The number of nitrogens with two attached hydrogens (primary N) is 1. The highest BCUT2D eigenvalue weighted by atomic mass is 35.5. The van der Waals surface area contributed by atoms with Crippen molar-refractivity contribution in [2.75, 3.05) is 5.32 Å². The molecule has 0 aromatic heterocycles. The van der Waals surface area contributed by atoms with Crippen LogP contribution >= 0.6 is 11.6 Å². The van der Waals surface area contributed by atoms with Crippen molar-refractivity contribution >= 4 is 33.2 Å². The Balaban J connectivity index is 1.80. The molecule has 7 nitrogen and oxygen atoms in total. The molecule has 0 aliphatic heterocycles. The number of sulfonamides is 1. The van der Waals surface area contributed by atoms with E-state index < -0.39 is 10.0 Å². The van der Waals surface area contributed by atoms with E-state index in [1.807, 2.05) is 25.1 Å². The molecule has 3 rings (SSSR count). The molecule has 0 saturated carbocycles. The Bertz CT molecular complexity index is 1360. The molecule has 3 aromatic carbocycles. The molecular weight excluding hydrogens is 462 g/mol. The van der Waals surface area contributed by atoms with E-state index in [9.17, 15) is 13.2 Å². The number of aryl methyl sites for hydroxylation is 2. The molecule has 0 spiro atoms. The minimum atomic E-state index is -3.82. The number of primary sulfonamides is 1. The fraction of sp³-hybridized carbons (Fsp3) is 0.167. The molecule has 9 heteroatoms. The van der Waals surface area contributed by atoms with Crippen molar-refractivity contribution in [1.29, 1.82) is 5.26 Å². The number of hydrogen-bond acceptors (Lipinski definition) is 5. The molecule has 0 atom stereocenters. The molecule has 0 aliphatic rings. The van der Waals surface area contributed by atoms with Crippen LogP contribution in [0.2, 0.25) is 5.02 Å². The first-order chi connectivity index (χ1) is 15.6. The second kappa shape index (κ2) is 10.0. The van der Waals surface area contributed by atoms with Gasteiger partial charge in [-0.25, -0.2) is 13.6 Å². The average molecular weight is 484 g/mol. The lowest BCUT2D eigenvalue weighted by Crippen LogP contribution is -2.16. The van der Waals surface area contributed by atoms with Crippen LogP contribution in [0.4, 0.5) is 5.69 Å². The van der Waals surface area contributed by atoms with E-state index in [-0.39, 0.29) is 17.2 Å². The molecular formula is C24H22ClN3O4S. The number of rotatable bonds is 7. The normalized spacial score (nSPS) is 11.0. The lowest BCUT2D eigenvalue weighted by molar-refractivity contribution is -0.115. The van der Waals surface area contributed by atoms with Crippen LogP contribution in [-0.4, -0.2) is 14.3 Å². The first-order valence-corrected chi connectivity index (χ1v) is 11.9. The van der Waals surface area contributed by atoms with Gasteiger partial charge in [0, 0.05) is 11.8 Å². The number of amides is 1. The number of ether oxygens (including phenoxy) is 1. The minimum Gasteiger partial charge on any atom is -0.456 e. The van der Waals surface area contributed by atoms with Crippen molar-refractivity contribution in [2.45, 2.75) is 31.6 Å². The van der Waals surface area contributed by atoms with Crippen molar-refractivity contribution in [3.05, 3.63) is 81.9 Å². The second-order valence-electron chi connectivity index (χ2n) is 7.44. The van der Waals surface area contributed by atoms with Crippen LogP contribution in [0.3, 0.4) is 0 Å². The number of carbonyl (C=O) groups is 1. The smallest absolute Gasteiger partial charge is 0.238 e. The SMILES string of the molecule is CCc1cc(CC(=O)Nc2ccc(S(N)(=O)=O)cc2C)cc(Oc2cc(C#N)ccc2Cl)c1. The summed E-state index contributed by atoms with van der Waals surface area (Å²) in [6, 6.07) is 16.6. The van der Waals surface area contributed by atoms with Gasteiger partial charge in [0.15, 0.2) is 0 Å². The fourth-order valence-electron chi connectivity index (χ4n) is 3.20. The quantitative estimate of drug-likeness (QED) is 0.504. The first kappa shape index (κ1) is 24.3. The van der Waals surface area contributed by atoms with Crippen molar-refractivity contribution < 1.29 is 17.9 Å². The van der Waals surface area contributed by atoms with Gasteiger partial charge >= 0.3 is 0 Å². The van der Waals surface area contributed by atoms with Crippen molar-refractivity contribution in [3.8, 4) is 17.6 Å². The molecule has 3 N–H and O–H groups in total. The second-order valence-corrected chi connectivity index (χ2v) is 9.41. The third kappa shape index (κ3) is 6.33. The summed E-state index contributed by atoms with van der Waals surface area (Å²) in [7, 11) is -3.82. The average Bonchev–Trinajstić information content (AvgIpc) is 2.75. The largest absolute Gasteiger partial charge is 0.456 e. The molecule has 1 amide bonds. The van der Waals surface area contributed by atoms with Gasteiger partial charge in [-0.15, -0.1) is 0 Å². The maximum Gasteiger partial charge on any atom is 0.238 e. The number of nitrogens with one attached hydrogen (secondary N) is 1. The van der Waals surface area contributed by atoms with E-state index in [0.29, 0.717) is 33.3 Å². The zero-order valence-electron chi connectivity index (χ0n) is 18.1. The highest BCUT2D eigenvalue weighted by Gasteiger charge is 2.13. The van der Waals surface area contributed by atoms with E-state index in [1.165, 1.54) is 18.2 Å². The topological polar surface area (TPSA) is 122 Å². The summed E-state index contributed by atoms with van der Waals surface area (Å²) < 4.78 is 28.9. The molecule has 0 fully saturated rings. The van der Waals surface area contributed by atoms with Crippen molar-refractivity contribution in [3.63, 3.8) is 0 Å². The third-order valence-electron chi connectivity index (χ3n) is 4.89. The molecule has 33 heavy (non-hydrogen) atoms. The van der Waals surface area contributed by atoms with Crippen LogP contribution in [0.1, 0.15) is 29.2 Å². The molecule has 3 aromatic rings. The van der Waals surface area contributed by atoms with Gasteiger partial charge < -0.3 is 10.1 Å². The maximum absolute atomic E-state index is 12.7. The molecule has 0 saturated heterocycles. The van der Waals surface area contributed by atoms with E-state index in [2.05, 4.69) is 5.32 Å². The van der Waals surface area contributed by atoms with E-state index in [1.54, 1.807) is 31.2 Å². The summed E-state index contributed by atoms with van der Waals surface area (Å²) >= 11 is 6.20. The maximum atomic E-state index is 12.7. The number of carbonyl (C=O) groups excluding carboxylic acids is 1. The van der Waals surface area contributed by atoms with Crippen LogP contribution in [0, 0.1) is 18.3 Å². The van der Waals surface area contributed by atoms with E-state index in [0.717, 1.165) is 17.5 Å². The van der Waals surface area contributed by atoms with Gasteiger partial charge in [-0.2, -0.15) is 5.26 Å². The molecule has 0 bridgehead atoms. The monoisotopic (exact) mass is 483 g/mol. The van der Waals surface area contributed by atoms with Crippen LogP contribution in [0.5, 0.6) is 11.5 Å². The van der Waals surface area contributed by atoms with E-state index in [4.69, 9.17) is 26.7 Å². The van der Waals surface area contributed by atoms with Gasteiger partial charge in [0.05, 0.1) is 28.0 Å². The Hall–Kier alpha value is -3.38. The first-order valence-electron chi connectivity index (χ1n) is 10.0. The lowest BCUT2D eigenvalue weighted by atomic mass is 10.0. The Labute approximate surface area is 197 Å².